The second kappa shape index (κ2) is 47.1. The summed E-state index contributed by atoms with van der Waals surface area (Å²) in [5.74, 6) is -0.767. The highest BCUT2D eigenvalue weighted by molar-refractivity contribution is 5.79. The Kier molecular flexibility index (Phi) is 45.9. The summed E-state index contributed by atoms with van der Waals surface area (Å²) >= 11 is 0. The van der Waals surface area contributed by atoms with Gasteiger partial charge in [-0.25, -0.2) is 0 Å². The van der Waals surface area contributed by atoms with Crippen LogP contribution in [0.25, 0.3) is 0 Å². The number of esters is 2. The average molecular weight is 775 g/mol. The maximum atomic E-state index is 13.1. The van der Waals surface area contributed by atoms with Crippen molar-refractivity contribution in [1.29, 1.82) is 0 Å². The second-order valence-electron chi connectivity index (χ2n) is 17.2. The molecule has 0 aliphatic carbocycles. The molecule has 0 saturated carbocycles. The molecule has 1 atom stereocenters. The number of carbonyl (C=O) groups is 2. The molecule has 1 unspecified atom stereocenters. The Bertz CT molecular complexity index is 779. The zero-order valence-electron chi connectivity index (χ0n) is 37.6. The Balaban J connectivity index is 4.16. The van der Waals surface area contributed by atoms with E-state index < -0.39 is 0 Å². The fourth-order valence-corrected chi connectivity index (χ4v) is 7.90. The first kappa shape index (κ1) is 53.7. The minimum atomic E-state index is -0.361. The molecule has 0 spiro atoms. The van der Waals surface area contributed by atoms with Gasteiger partial charge in [-0.1, -0.05) is 251 Å². The molecule has 0 aromatic heterocycles. The van der Waals surface area contributed by atoms with Crippen LogP contribution >= 0.6 is 0 Å². The van der Waals surface area contributed by atoms with Crippen molar-refractivity contribution in [1.82, 2.24) is 0 Å². The van der Waals surface area contributed by atoms with E-state index in [4.69, 9.17) is 9.47 Å². The molecule has 326 valence electrons. The number of unbranched alkanes of at least 4 members (excludes halogenated alkanes) is 37. The van der Waals surface area contributed by atoms with Crippen molar-refractivity contribution in [2.24, 2.45) is 5.92 Å². The van der Waals surface area contributed by atoms with E-state index in [1.54, 1.807) is 0 Å². The summed E-state index contributed by atoms with van der Waals surface area (Å²) in [5, 5.41) is 0. The molecule has 0 heterocycles. The third kappa shape index (κ3) is 43.6. The number of carbonyl (C=O) groups excluding carboxylic acids is 2. The SMILES string of the molecule is C=CCCCCCCCCCCCCCCCCCCCC(CC(=O)OCCCCCCCCCCCCC)C(=O)OCCCCCCCCCCCCC. The van der Waals surface area contributed by atoms with Crippen molar-refractivity contribution in [2.75, 3.05) is 13.2 Å². The van der Waals surface area contributed by atoms with Crippen LogP contribution in [0.3, 0.4) is 0 Å². The summed E-state index contributed by atoms with van der Waals surface area (Å²) in [6, 6.07) is 0. The average Bonchev–Trinajstić information content (AvgIpc) is 3.19. The summed E-state index contributed by atoms with van der Waals surface area (Å²) in [4.78, 5) is 25.9. The summed E-state index contributed by atoms with van der Waals surface area (Å²) in [6.45, 7) is 9.31. The number of ether oxygens (including phenoxy) is 2. The van der Waals surface area contributed by atoms with Crippen molar-refractivity contribution in [2.45, 2.75) is 284 Å². The molecule has 0 aliphatic rings. The van der Waals surface area contributed by atoms with Crippen LogP contribution in [0.1, 0.15) is 284 Å². The van der Waals surface area contributed by atoms with Gasteiger partial charge in [0, 0.05) is 0 Å². The quantitative estimate of drug-likeness (QED) is 0.0351. The predicted molar refractivity (Wildman–Crippen MR) is 241 cm³/mol. The molecule has 0 aliphatic heterocycles. The lowest BCUT2D eigenvalue weighted by atomic mass is 9.97. The van der Waals surface area contributed by atoms with Crippen LogP contribution in [0.5, 0.6) is 0 Å². The Hall–Kier alpha value is -1.32. The van der Waals surface area contributed by atoms with Gasteiger partial charge in [0.1, 0.15) is 0 Å². The number of hydrogen-bond donors (Lipinski definition) is 0. The lowest BCUT2D eigenvalue weighted by Crippen LogP contribution is -2.23. The van der Waals surface area contributed by atoms with E-state index in [0.717, 1.165) is 44.9 Å². The summed E-state index contributed by atoms with van der Waals surface area (Å²) < 4.78 is 11.4. The third-order valence-electron chi connectivity index (χ3n) is 11.7. The smallest absolute Gasteiger partial charge is 0.309 e. The molecule has 0 rings (SSSR count). The molecule has 4 heteroatoms. The van der Waals surface area contributed by atoms with Gasteiger partial charge >= 0.3 is 11.9 Å². The van der Waals surface area contributed by atoms with Gasteiger partial charge in [-0.2, -0.15) is 0 Å². The van der Waals surface area contributed by atoms with Crippen LogP contribution in [0.2, 0.25) is 0 Å². The van der Waals surface area contributed by atoms with Crippen LogP contribution < -0.4 is 0 Å². The van der Waals surface area contributed by atoms with Crippen LogP contribution in [-0.4, -0.2) is 25.2 Å². The van der Waals surface area contributed by atoms with Crippen molar-refractivity contribution < 1.29 is 19.1 Å². The summed E-state index contributed by atoms with van der Waals surface area (Å²) in [5.41, 5.74) is 0. The number of allylic oxidation sites excluding steroid dienone is 1. The van der Waals surface area contributed by atoms with Gasteiger partial charge in [0.25, 0.3) is 0 Å². The topological polar surface area (TPSA) is 52.6 Å². The van der Waals surface area contributed by atoms with Crippen LogP contribution in [0, 0.1) is 5.92 Å². The fraction of sp³-hybridized carbons (Fsp3) is 0.922. The largest absolute Gasteiger partial charge is 0.466 e. The molecule has 4 nitrogen and oxygen atoms in total. The first-order valence-corrected chi connectivity index (χ1v) is 25.1. The lowest BCUT2D eigenvalue weighted by molar-refractivity contribution is -0.155. The molecule has 0 amide bonds. The Labute approximate surface area is 345 Å². The standard InChI is InChI=1S/C51H98O4/c1-4-7-10-13-16-19-22-23-24-25-26-27-28-29-30-33-36-39-42-45-49(51(53)55-47-44-41-38-35-32-21-18-15-12-9-6-3)48-50(52)54-46-43-40-37-34-31-20-17-14-11-8-5-2/h4,49H,1,5-48H2,2-3H3. The molecular formula is C51H98O4. The van der Waals surface area contributed by atoms with Gasteiger partial charge in [0.05, 0.1) is 25.6 Å². The first-order chi connectivity index (χ1) is 27.2. The Morgan fingerprint density at radius 2 is 0.691 bits per heavy atom. The number of hydrogen-bond acceptors (Lipinski definition) is 4. The molecule has 0 saturated heterocycles. The highest BCUT2D eigenvalue weighted by Gasteiger charge is 2.24. The molecule has 0 bridgehead atoms. The fourth-order valence-electron chi connectivity index (χ4n) is 7.90. The van der Waals surface area contributed by atoms with E-state index >= 15 is 0 Å². The predicted octanol–water partition coefficient (Wildman–Crippen LogP) is 17.3. The third-order valence-corrected chi connectivity index (χ3v) is 11.7. The molecule has 0 aromatic rings. The van der Waals surface area contributed by atoms with Gasteiger partial charge in [-0.05, 0) is 32.1 Å². The van der Waals surface area contributed by atoms with Gasteiger partial charge in [0.2, 0.25) is 0 Å². The molecular weight excluding hydrogens is 677 g/mol. The Morgan fingerprint density at radius 3 is 1.04 bits per heavy atom. The lowest BCUT2D eigenvalue weighted by Gasteiger charge is -2.16. The van der Waals surface area contributed by atoms with Crippen molar-refractivity contribution >= 4 is 11.9 Å². The highest BCUT2D eigenvalue weighted by atomic mass is 16.5. The molecule has 0 aromatic carbocycles. The molecule has 55 heavy (non-hydrogen) atoms. The monoisotopic (exact) mass is 775 g/mol. The first-order valence-electron chi connectivity index (χ1n) is 25.1. The van der Waals surface area contributed by atoms with E-state index in [1.807, 2.05) is 6.08 Å². The summed E-state index contributed by atoms with van der Waals surface area (Å²) in [6.07, 6.45) is 54.8. The van der Waals surface area contributed by atoms with Gasteiger partial charge in [-0.3, -0.25) is 9.59 Å². The minimum Gasteiger partial charge on any atom is -0.466 e. The Morgan fingerprint density at radius 1 is 0.400 bits per heavy atom. The highest BCUT2D eigenvalue weighted by Crippen LogP contribution is 2.20. The van der Waals surface area contributed by atoms with E-state index in [1.165, 1.54) is 218 Å². The summed E-state index contributed by atoms with van der Waals surface area (Å²) in [7, 11) is 0. The van der Waals surface area contributed by atoms with E-state index in [2.05, 4.69) is 20.4 Å². The number of rotatable bonds is 47. The molecule has 0 fully saturated rings. The van der Waals surface area contributed by atoms with E-state index in [-0.39, 0.29) is 24.3 Å². The van der Waals surface area contributed by atoms with E-state index in [9.17, 15) is 9.59 Å². The second-order valence-corrected chi connectivity index (χ2v) is 17.2. The maximum absolute atomic E-state index is 13.1. The van der Waals surface area contributed by atoms with Crippen molar-refractivity contribution in [3.05, 3.63) is 12.7 Å². The van der Waals surface area contributed by atoms with Crippen molar-refractivity contribution in [3.8, 4) is 0 Å². The zero-order chi connectivity index (χ0) is 40.0. The van der Waals surface area contributed by atoms with Crippen LogP contribution in [0.15, 0.2) is 12.7 Å². The zero-order valence-corrected chi connectivity index (χ0v) is 37.6. The maximum Gasteiger partial charge on any atom is 0.309 e. The van der Waals surface area contributed by atoms with Gasteiger partial charge in [0.15, 0.2) is 0 Å². The van der Waals surface area contributed by atoms with E-state index in [0.29, 0.717) is 13.2 Å². The van der Waals surface area contributed by atoms with Gasteiger partial charge < -0.3 is 9.47 Å². The van der Waals surface area contributed by atoms with Gasteiger partial charge in [-0.15, -0.1) is 6.58 Å². The molecule has 0 N–H and O–H groups in total. The van der Waals surface area contributed by atoms with Crippen LogP contribution in [0.4, 0.5) is 0 Å². The van der Waals surface area contributed by atoms with Crippen molar-refractivity contribution in [3.63, 3.8) is 0 Å². The normalized spacial score (nSPS) is 11.9. The minimum absolute atomic E-state index is 0.172. The molecule has 0 radical (unpaired) electrons. The van der Waals surface area contributed by atoms with Crippen LogP contribution in [-0.2, 0) is 19.1 Å².